The van der Waals surface area contributed by atoms with Gasteiger partial charge in [0.15, 0.2) is 6.10 Å². The van der Waals surface area contributed by atoms with Crippen LogP contribution in [-0.4, -0.2) is 50.3 Å². The number of nitrogens with zero attached hydrogens (tertiary/aromatic N) is 1. The topological polar surface area (TPSA) is 137 Å². The third-order valence-electron chi connectivity index (χ3n) is 4.71. The number of pyridine rings is 1. The van der Waals surface area contributed by atoms with Crippen molar-refractivity contribution < 1.29 is 29.7 Å². The zero-order chi connectivity index (χ0) is 22.4. The highest BCUT2D eigenvalue weighted by Gasteiger charge is 2.28. The molecule has 0 aliphatic rings. The molecule has 31 heavy (non-hydrogen) atoms. The van der Waals surface area contributed by atoms with E-state index in [0.29, 0.717) is 11.1 Å². The van der Waals surface area contributed by atoms with E-state index in [1.807, 2.05) is 0 Å². The number of rotatable bonds is 8. The number of hydrogen-bond donors (Lipinski definition) is 4. The Hall–Kier alpha value is -4.04. The molecule has 0 saturated heterocycles. The summed E-state index contributed by atoms with van der Waals surface area (Å²) in [6.07, 6.45) is -0.313. The van der Waals surface area contributed by atoms with Gasteiger partial charge in [0.25, 0.3) is 5.91 Å². The standard InChI is InChI=1S/C23H20N2O6/c26-20(23(30)31)19(12-14-6-2-1-3-7-14)25-21(27)18-11-10-15(13-24-18)16-8-4-5-9-17(16)22(28)29/h1-11,13,19-20,26H,12H2,(H,25,27)(H,28,29)(H,30,31)/t19-,20-/m1/s1. The molecule has 158 valence electrons. The maximum Gasteiger partial charge on any atom is 0.336 e. The van der Waals surface area contributed by atoms with Crippen LogP contribution in [0.4, 0.5) is 0 Å². The smallest absolute Gasteiger partial charge is 0.336 e. The van der Waals surface area contributed by atoms with Gasteiger partial charge in [0.2, 0.25) is 0 Å². The van der Waals surface area contributed by atoms with Gasteiger partial charge < -0.3 is 20.6 Å². The summed E-state index contributed by atoms with van der Waals surface area (Å²) >= 11 is 0. The van der Waals surface area contributed by atoms with Gasteiger partial charge >= 0.3 is 11.9 Å². The minimum absolute atomic E-state index is 0.00667. The van der Waals surface area contributed by atoms with Crippen molar-refractivity contribution in [1.82, 2.24) is 10.3 Å². The van der Waals surface area contributed by atoms with Crippen LogP contribution >= 0.6 is 0 Å². The number of carbonyl (C=O) groups excluding carboxylic acids is 1. The van der Waals surface area contributed by atoms with Crippen LogP contribution < -0.4 is 5.32 Å². The van der Waals surface area contributed by atoms with Gasteiger partial charge in [-0.3, -0.25) is 9.78 Å². The molecular weight excluding hydrogens is 400 g/mol. The van der Waals surface area contributed by atoms with Crippen LogP contribution in [0.3, 0.4) is 0 Å². The molecule has 1 heterocycles. The lowest BCUT2D eigenvalue weighted by Crippen LogP contribution is -2.48. The molecule has 0 spiro atoms. The monoisotopic (exact) mass is 420 g/mol. The molecule has 0 saturated carbocycles. The molecule has 4 N–H and O–H groups in total. The maximum absolute atomic E-state index is 12.6. The van der Waals surface area contributed by atoms with Crippen LogP contribution in [0.15, 0.2) is 72.9 Å². The lowest BCUT2D eigenvalue weighted by atomic mass is 10.00. The molecule has 0 aliphatic heterocycles. The summed E-state index contributed by atoms with van der Waals surface area (Å²) in [5, 5.41) is 31.1. The maximum atomic E-state index is 12.6. The number of carboxylic acids is 2. The van der Waals surface area contributed by atoms with Crippen molar-refractivity contribution in [2.45, 2.75) is 18.6 Å². The fourth-order valence-corrected chi connectivity index (χ4v) is 3.13. The van der Waals surface area contributed by atoms with Gasteiger partial charge in [-0.05, 0) is 29.7 Å². The Balaban J connectivity index is 1.79. The Labute approximate surface area is 177 Å². The second-order valence-corrected chi connectivity index (χ2v) is 6.84. The van der Waals surface area contributed by atoms with Crippen molar-refractivity contribution in [2.24, 2.45) is 0 Å². The predicted molar refractivity (Wildman–Crippen MR) is 112 cm³/mol. The Kier molecular flexibility index (Phi) is 6.74. The number of carbonyl (C=O) groups is 3. The van der Waals surface area contributed by atoms with E-state index in [1.165, 1.54) is 18.3 Å². The minimum atomic E-state index is -1.80. The van der Waals surface area contributed by atoms with Gasteiger partial charge in [-0.2, -0.15) is 0 Å². The Bertz CT molecular complexity index is 1080. The molecule has 8 heteroatoms. The zero-order valence-corrected chi connectivity index (χ0v) is 16.3. The molecule has 1 amide bonds. The summed E-state index contributed by atoms with van der Waals surface area (Å²) in [6, 6.07) is 17.2. The van der Waals surface area contributed by atoms with Crippen molar-refractivity contribution >= 4 is 17.8 Å². The summed E-state index contributed by atoms with van der Waals surface area (Å²) < 4.78 is 0. The summed E-state index contributed by atoms with van der Waals surface area (Å²) in [7, 11) is 0. The molecule has 0 radical (unpaired) electrons. The summed E-state index contributed by atoms with van der Waals surface area (Å²) in [6.45, 7) is 0. The number of carboxylic acid groups (broad SMARTS) is 2. The first kappa shape index (κ1) is 21.7. The number of aliphatic hydroxyl groups excluding tert-OH is 1. The number of hydrogen-bond acceptors (Lipinski definition) is 5. The molecule has 2 aromatic carbocycles. The molecule has 0 aliphatic carbocycles. The van der Waals surface area contributed by atoms with Crippen molar-refractivity contribution in [3.63, 3.8) is 0 Å². The van der Waals surface area contributed by atoms with Crippen molar-refractivity contribution in [3.05, 3.63) is 89.7 Å². The van der Waals surface area contributed by atoms with Gasteiger partial charge in [0, 0.05) is 11.8 Å². The molecule has 3 rings (SSSR count). The number of aliphatic hydroxyl groups is 1. The van der Waals surface area contributed by atoms with Crippen LogP contribution in [0.1, 0.15) is 26.4 Å². The number of aliphatic carboxylic acids is 1. The van der Waals surface area contributed by atoms with Gasteiger partial charge in [0.1, 0.15) is 5.69 Å². The van der Waals surface area contributed by atoms with E-state index in [2.05, 4.69) is 10.3 Å². The molecule has 8 nitrogen and oxygen atoms in total. The number of benzene rings is 2. The first-order valence-electron chi connectivity index (χ1n) is 9.41. The van der Waals surface area contributed by atoms with Crippen LogP contribution in [0, 0.1) is 0 Å². The van der Waals surface area contributed by atoms with Gasteiger partial charge in [-0.25, -0.2) is 9.59 Å². The molecule has 0 fully saturated rings. The normalized spacial score (nSPS) is 12.5. The SMILES string of the molecule is O=C(N[C@H](Cc1ccccc1)[C@@H](O)C(=O)O)c1ccc(-c2ccccc2C(=O)O)cn1. The third kappa shape index (κ3) is 5.31. The largest absolute Gasteiger partial charge is 0.479 e. The number of aromatic carboxylic acids is 1. The lowest BCUT2D eigenvalue weighted by Gasteiger charge is -2.21. The van der Waals surface area contributed by atoms with Crippen LogP contribution in [0.2, 0.25) is 0 Å². The molecule has 0 bridgehead atoms. The minimum Gasteiger partial charge on any atom is -0.479 e. The number of aromatic nitrogens is 1. The van der Waals surface area contributed by atoms with E-state index >= 15 is 0 Å². The first-order chi connectivity index (χ1) is 14.9. The average molecular weight is 420 g/mol. The number of amides is 1. The summed E-state index contributed by atoms with van der Waals surface area (Å²) in [4.78, 5) is 39.4. The van der Waals surface area contributed by atoms with Crippen molar-refractivity contribution in [3.8, 4) is 11.1 Å². The highest BCUT2D eigenvalue weighted by molar-refractivity contribution is 5.96. The molecule has 2 atom stereocenters. The highest BCUT2D eigenvalue weighted by atomic mass is 16.4. The van der Waals surface area contributed by atoms with E-state index in [0.717, 1.165) is 5.56 Å². The number of nitrogens with one attached hydrogen (secondary N) is 1. The van der Waals surface area contributed by atoms with Crippen molar-refractivity contribution in [1.29, 1.82) is 0 Å². The highest BCUT2D eigenvalue weighted by Crippen LogP contribution is 2.23. The fraction of sp³-hybridized carbons (Fsp3) is 0.130. The molecule has 0 unspecified atom stereocenters. The van der Waals surface area contributed by atoms with Crippen molar-refractivity contribution in [2.75, 3.05) is 0 Å². The Morgan fingerprint density at radius 3 is 2.19 bits per heavy atom. The quantitative estimate of drug-likeness (QED) is 0.439. The van der Waals surface area contributed by atoms with Gasteiger partial charge in [-0.1, -0.05) is 54.6 Å². The molecule has 3 aromatic rings. The van der Waals surface area contributed by atoms with Gasteiger partial charge in [0.05, 0.1) is 11.6 Å². The fourth-order valence-electron chi connectivity index (χ4n) is 3.13. The van der Waals surface area contributed by atoms with Crippen LogP contribution in [0.5, 0.6) is 0 Å². The van der Waals surface area contributed by atoms with E-state index in [-0.39, 0.29) is 17.7 Å². The second-order valence-electron chi connectivity index (χ2n) is 6.84. The zero-order valence-electron chi connectivity index (χ0n) is 16.3. The van der Waals surface area contributed by atoms with E-state index in [4.69, 9.17) is 0 Å². The lowest BCUT2D eigenvalue weighted by molar-refractivity contribution is -0.148. The Morgan fingerprint density at radius 1 is 0.903 bits per heavy atom. The summed E-state index contributed by atoms with van der Waals surface area (Å²) in [5.41, 5.74) is 1.83. The van der Waals surface area contributed by atoms with Crippen LogP contribution in [-0.2, 0) is 11.2 Å². The van der Waals surface area contributed by atoms with E-state index < -0.39 is 30.0 Å². The second kappa shape index (κ2) is 9.64. The Morgan fingerprint density at radius 2 is 1.58 bits per heavy atom. The average Bonchev–Trinajstić information content (AvgIpc) is 2.78. The summed E-state index contributed by atoms with van der Waals surface area (Å²) in [5.74, 6) is -3.18. The third-order valence-corrected chi connectivity index (χ3v) is 4.71. The first-order valence-corrected chi connectivity index (χ1v) is 9.41. The molecular formula is C23H20N2O6. The van der Waals surface area contributed by atoms with E-state index in [9.17, 15) is 29.7 Å². The van der Waals surface area contributed by atoms with Crippen LogP contribution in [0.25, 0.3) is 11.1 Å². The predicted octanol–water partition coefficient (Wildman–Crippen LogP) is 2.23. The van der Waals surface area contributed by atoms with Gasteiger partial charge in [-0.15, -0.1) is 0 Å². The molecule has 1 aromatic heterocycles. The van der Waals surface area contributed by atoms with E-state index in [1.54, 1.807) is 54.6 Å².